The normalized spacial score (nSPS) is 10.8. The van der Waals surface area contributed by atoms with Crippen molar-refractivity contribution < 1.29 is 4.79 Å². The molecule has 5 nitrogen and oxygen atoms in total. The number of rotatable bonds is 9. The number of benzene rings is 2. The van der Waals surface area contributed by atoms with E-state index in [1.165, 1.54) is 22.9 Å². The average molecular weight is 395 g/mol. The van der Waals surface area contributed by atoms with Gasteiger partial charge in [-0.05, 0) is 24.5 Å². The molecule has 0 saturated carbocycles. The van der Waals surface area contributed by atoms with Crippen LogP contribution in [0.4, 0.5) is 0 Å². The van der Waals surface area contributed by atoms with Gasteiger partial charge in [0.1, 0.15) is 5.82 Å². The Hall–Kier alpha value is -2.60. The fourth-order valence-electron chi connectivity index (χ4n) is 2.87. The highest BCUT2D eigenvalue weighted by molar-refractivity contribution is 7.99. The number of nitrogens with zero attached hydrogens (tertiary/aromatic N) is 3. The van der Waals surface area contributed by atoms with Crippen LogP contribution in [0.25, 0.3) is 0 Å². The highest BCUT2D eigenvalue weighted by Gasteiger charge is 2.14. The standard InChI is InChI=1S/C22H26N4OS/c1-3-13-26-20(14-18-7-5-4-6-8-18)24-25-22(26)28-16-21(27)23-15-19-11-9-17(2)10-12-19/h4-12H,3,13-16H2,1-2H3,(H,23,27). The van der Waals surface area contributed by atoms with Crippen LogP contribution < -0.4 is 5.32 Å². The summed E-state index contributed by atoms with van der Waals surface area (Å²) in [6.07, 6.45) is 1.74. The molecule has 0 aliphatic carbocycles. The Balaban J connectivity index is 1.57. The zero-order valence-corrected chi connectivity index (χ0v) is 17.2. The first-order valence-corrected chi connectivity index (χ1v) is 10.6. The first-order valence-electron chi connectivity index (χ1n) is 9.56. The van der Waals surface area contributed by atoms with Crippen LogP contribution in [-0.4, -0.2) is 26.4 Å². The van der Waals surface area contributed by atoms with Crippen LogP contribution in [0.15, 0.2) is 59.8 Å². The molecule has 1 aromatic heterocycles. The quantitative estimate of drug-likeness (QED) is 0.558. The van der Waals surface area contributed by atoms with Gasteiger partial charge in [0, 0.05) is 19.5 Å². The number of carbonyl (C=O) groups excluding carboxylic acids is 1. The summed E-state index contributed by atoms with van der Waals surface area (Å²) in [5.41, 5.74) is 3.52. The number of carbonyl (C=O) groups is 1. The number of hydrogen-bond donors (Lipinski definition) is 1. The molecule has 6 heteroatoms. The lowest BCUT2D eigenvalue weighted by atomic mass is 10.1. The highest BCUT2D eigenvalue weighted by Crippen LogP contribution is 2.19. The van der Waals surface area contributed by atoms with Gasteiger partial charge in [0.05, 0.1) is 5.75 Å². The third-order valence-corrected chi connectivity index (χ3v) is 5.36. The number of aromatic nitrogens is 3. The van der Waals surface area contributed by atoms with E-state index in [9.17, 15) is 4.79 Å². The fourth-order valence-corrected chi connectivity index (χ4v) is 3.68. The molecule has 3 rings (SSSR count). The van der Waals surface area contributed by atoms with Crippen molar-refractivity contribution in [3.05, 3.63) is 77.1 Å². The largest absolute Gasteiger partial charge is 0.351 e. The van der Waals surface area contributed by atoms with Crippen LogP contribution in [0.5, 0.6) is 0 Å². The van der Waals surface area contributed by atoms with Crippen molar-refractivity contribution in [1.82, 2.24) is 20.1 Å². The van der Waals surface area contributed by atoms with Crippen molar-refractivity contribution in [2.24, 2.45) is 0 Å². The van der Waals surface area contributed by atoms with Crippen molar-refractivity contribution >= 4 is 17.7 Å². The van der Waals surface area contributed by atoms with Crippen molar-refractivity contribution in [2.75, 3.05) is 5.75 Å². The third-order valence-electron chi connectivity index (χ3n) is 4.39. The van der Waals surface area contributed by atoms with Gasteiger partial charge in [-0.25, -0.2) is 0 Å². The molecule has 1 N–H and O–H groups in total. The SMILES string of the molecule is CCCn1c(Cc2ccccc2)nnc1SCC(=O)NCc1ccc(C)cc1. The molecule has 0 saturated heterocycles. The predicted octanol–water partition coefficient (Wildman–Crippen LogP) is 4.00. The molecule has 1 amide bonds. The summed E-state index contributed by atoms with van der Waals surface area (Å²) in [4.78, 5) is 12.2. The van der Waals surface area contributed by atoms with Gasteiger partial charge >= 0.3 is 0 Å². The van der Waals surface area contributed by atoms with Gasteiger partial charge in [-0.2, -0.15) is 0 Å². The molecular formula is C22H26N4OS. The van der Waals surface area contributed by atoms with E-state index in [1.807, 2.05) is 30.3 Å². The molecule has 0 fully saturated rings. The number of nitrogens with one attached hydrogen (secondary N) is 1. The maximum Gasteiger partial charge on any atom is 0.230 e. The summed E-state index contributed by atoms with van der Waals surface area (Å²) in [6.45, 7) is 5.58. The van der Waals surface area contributed by atoms with Gasteiger partial charge in [0.15, 0.2) is 5.16 Å². The van der Waals surface area contributed by atoms with Gasteiger partial charge in [-0.15, -0.1) is 10.2 Å². The summed E-state index contributed by atoms with van der Waals surface area (Å²) >= 11 is 1.44. The second-order valence-electron chi connectivity index (χ2n) is 6.76. The van der Waals surface area contributed by atoms with Crippen LogP contribution in [-0.2, 0) is 24.3 Å². The lowest BCUT2D eigenvalue weighted by Crippen LogP contribution is -2.24. The summed E-state index contributed by atoms with van der Waals surface area (Å²) in [6, 6.07) is 18.4. The minimum absolute atomic E-state index is 0.00114. The second-order valence-corrected chi connectivity index (χ2v) is 7.71. The molecule has 0 bridgehead atoms. The van der Waals surface area contributed by atoms with Crippen molar-refractivity contribution in [1.29, 1.82) is 0 Å². The first-order chi connectivity index (χ1) is 13.7. The molecule has 2 aromatic carbocycles. The number of thioether (sulfide) groups is 1. The topological polar surface area (TPSA) is 59.8 Å². The van der Waals surface area contributed by atoms with E-state index in [0.29, 0.717) is 12.3 Å². The molecule has 0 spiro atoms. The Kier molecular flexibility index (Phi) is 7.25. The van der Waals surface area contributed by atoms with Crippen molar-refractivity contribution in [2.45, 2.75) is 44.9 Å². The van der Waals surface area contributed by atoms with Gasteiger partial charge in [0.25, 0.3) is 0 Å². The van der Waals surface area contributed by atoms with Crippen LogP contribution in [0.2, 0.25) is 0 Å². The Morgan fingerprint density at radius 3 is 2.50 bits per heavy atom. The third kappa shape index (κ3) is 5.70. The Morgan fingerprint density at radius 2 is 1.79 bits per heavy atom. The Morgan fingerprint density at radius 1 is 1.04 bits per heavy atom. The Labute approximate surface area is 170 Å². The summed E-state index contributed by atoms with van der Waals surface area (Å²) < 4.78 is 2.13. The summed E-state index contributed by atoms with van der Waals surface area (Å²) in [5, 5.41) is 12.5. The zero-order valence-electron chi connectivity index (χ0n) is 16.4. The zero-order chi connectivity index (χ0) is 19.8. The molecule has 0 aliphatic rings. The smallest absolute Gasteiger partial charge is 0.230 e. The molecule has 0 aliphatic heterocycles. The van der Waals surface area contributed by atoms with Gasteiger partial charge in [-0.1, -0.05) is 78.8 Å². The van der Waals surface area contributed by atoms with E-state index < -0.39 is 0 Å². The van der Waals surface area contributed by atoms with E-state index in [4.69, 9.17) is 0 Å². The number of aryl methyl sites for hydroxylation is 1. The lowest BCUT2D eigenvalue weighted by Gasteiger charge is -2.09. The van der Waals surface area contributed by atoms with Crippen LogP contribution in [0, 0.1) is 6.92 Å². The van der Waals surface area contributed by atoms with E-state index >= 15 is 0 Å². The average Bonchev–Trinajstić information content (AvgIpc) is 3.08. The molecule has 0 atom stereocenters. The minimum atomic E-state index is 0.00114. The Bertz CT molecular complexity index is 891. The number of amides is 1. The molecular weight excluding hydrogens is 368 g/mol. The molecule has 3 aromatic rings. The van der Waals surface area contributed by atoms with E-state index in [1.54, 1.807) is 0 Å². The predicted molar refractivity (Wildman–Crippen MR) is 113 cm³/mol. The van der Waals surface area contributed by atoms with Gasteiger partial charge in [0.2, 0.25) is 5.91 Å². The minimum Gasteiger partial charge on any atom is -0.351 e. The van der Waals surface area contributed by atoms with E-state index in [2.05, 4.69) is 58.2 Å². The molecule has 28 heavy (non-hydrogen) atoms. The molecule has 0 unspecified atom stereocenters. The van der Waals surface area contributed by atoms with Crippen LogP contribution in [0.3, 0.4) is 0 Å². The molecule has 0 radical (unpaired) electrons. The van der Waals surface area contributed by atoms with Gasteiger partial charge in [-0.3, -0.25) is 4.79 Å². The van der Waals surface area contributed by atoms with Gasteiger partial charge < -0.3 is 9.88 Å². The van der Waals surface area contributed by atoms with Crippen molar-refractivity contribution in [3.63, 3.8) is 0 Å². The van der Waals surface area contributed by atoms with E-state index in [-0.39, 0.29) is 5.91 Å². The monoisotopic (exact) mass is 394 g/mol. The summed E-state index contributed by atoms with van der Waals surface area (Å²) in [5.74, 6) is 1.27. The lowest BCUT2D eigenvalue weighted by molar-refractivity contribution is -0.118. The molecule has 146 valence electrons. The van der Waals surface area contributed by atoms with E-state index in [0.717, 1.165) is 35.9 Å². The highest BCUT2D eigenvalue weighted by atomic mass is 32.2. The second kappa shape index (κ2) is 10.1. The number of hydrogen-bond acceptors (Lipinski definition) is 4. The fraction of sp³-hybridized carbons (Fsp3) is 0.318. The first kappa shape index (κ1) is 20.1. The molecule has 1 heterocycles. The maximum atomic E-state index is 12.2. The van der Waals surface area contributed by atoms with Crippen LogP contribution >= 0.6 is 11.8 Å². The summed E-state index contributed by atoms with van der Waals surface area (Å²) in [7, 11) is 0. The maximum absolute atomic E-state index is 12.2. The van der Waals surface area contributed by atoms with Crippen LogP contribution in [0.1, 0.15) is 35.9 Å². The van der Waals surface area contributed by atoms with Crippen molar-refractivity contribution in [3.8, 4) is 0 Å².